The normalized spacial score (nSPS) is 12.1. The molecule has 6 nitrogen and oxygen atoms in total. The second-order valence-corrected chi connectivity index (χ2v) is 5.51. The van der Waals surface area contributed by atoms with Crippen molar-refractivity contribution in [1.82, 2.24) is 5.32 Å². The molecule has 0 saturated heterocycles. The average Bonchev–Trinajstić information content (AvgIpc) is 2.62. The van der Waals surface area contributed by atoms with E-state index >= 15 is 0 Å². The Kier molecular flexibility index (Phi) is 6.42. The van der Waals surface area contributed by atoms with Gasteiger partial charge in [-0.2, -0.15) is 0 Å². The molecule has 0 spiro atoms. The van der Waals surface area contributed by atoms with Gasteiger partial charge in [0.05, 0.1) is 11.0 Å². The molecule has 0 saturated carbocycles. The molecule has 0 fully saturated rings. The lowest BCUT2D eigenvalue weighted by Crippen LogP contribution is -2.27. The topological polar surface area (TPSA) is 81.5 Å². The number of nitrogens with one attached hydrogen (secondary N) is 1. The number of carbonyl (C=O) groups excluding carboxylic acids is 1. The number of benzene rings is 2. The Labute approximate surface area is 146 Å². The average molecular weight is 340 g/mol. The molecule has 1 N–H and O–H groups in total. The summed E-state index contributed by atoms with van der Waals surface area (Å²) in [6.07, 6.45) is 2.78. The molecule has 1 atom stereocenters. The van der Waals surface area contributed by atoms with Gasteiger partial charge in [-0.05, 0) is 41.8 Å². The molecule has 1 amide bonds. The zero-order chi connectivity index (χ0) is 18.2. The van der Waals surface area contributed by atoms with Crippen LogP contribution in [0.2, 0.25) is 0 Å². The van der Waals surface area contributed by atoms with Crippen molar-refractivity contribution in [2.45, 2.75) is 13.0 Å². The second kappa shape index (κ2) is 8.75. The van der Waals surface area contributed by atoms with E-state index in [1.165, 1.54) is 18.2 Å². The molecule has 1 unspecified atom stereocenters. The van der Waals surface area contributed by atoms with Crippen molar-refractivity contribution in [2.75, 3.05) is 13.7 Å². The first kappa shape index (κ1) is 18.4. The highest BCUT2D eigenvalue weighted by Gasteiger charge is 2.13. The van der Waals surface area contributed by atoms with Crippen LogP contribution < -0.4 is 5.32 Å². The predicted molar refractivity (Wildman–Crippen MR) is 96.1 cm³/mol. The number of hydrogen-bond acceptors (Lipinski definition) is 4. The molecular formula is C19H20N2O4. The Bertz CT molecular complexity index is 769. The Morgan fingerprint density at radius 2 is 1.92 bits per heavy atom. The Morgan fingerprint density at radius 1 is 1.24 bits per heavy atom. The molecule has 2 rings (SSSR count). The molecule has 0 aliphatic carbocycles. The number of rotatable bonds is 7. The van der Waals surface area contributed by atoms with E-state index in [4.69, 9.17) is 4.74 Å². The fraction of sp³-hybridized carbons (Fsp3) is 0.211. The van der Waals surface area contributed by atoms with Crippen LogP contribution in [0.1, 0.15) is 22.8 Å². The molecule has 0 heterocycles. The lowest BCUT2D eigenvalue weighted by atomic mass is 10.0. The van der Waals surface area contributed by atoms with Crippen LogP contribution >= 0.6 is 0 Å². The van der Waals surface area contributed by atoms with Gasteiger partial charge in [0, 0.05) is 31.9 Å². The lowest BCUT2D eigenvalue weighted by molar-refractivity contribution is -0.384. The Balaban J connectivity index is 1.93. The van der Waals surface area contributed by atoms with Crippen LogP contribution in [0.15, 0.2) is 54.6 Å². The van der Waals surface area contributed by atoms with Crippen molar-refractivity contribution in [3.05, 3.63) is 81.4 Å². The maximum absolute atomic E-state index is 12.0. The summed E-state index contributed by atoms with van der Waals surface area (Å²) in [5, 5.41) is 13.4. The summed E-state index contributed by atoms with van der Waals surface area (Å²) >= 11 is 0. The van der Waals surface area contributed by atoms with Crippen molar-refractivity contribution in [3.63, 3.8) is 0 Å². The monoisotopic (exact) mass is 340 g/mol. The number of non-ortho nitro benzene ring substituents is 1. The highest BCUT2D eigenvalue weighted by molar-refractivity contribution is 5.91. The van der Waals surface area contributed by atoms with Crippen LogP contribution in [0.4, 0.5) is 5.69 Å². The summed E-state index contributed by atoms with van der Waals surface area (Å²) in [6.45, 7) is 2.35. The minimum Gasteiger partial charge on any atom is -0.375 e. The summed E-state index contributed by atoms with van der Waals surface area (Å²) in [6, 6.07) is 13.8. The number of nitro groups is 1. The molecule has 0 radical (unpaired) electrons. The van der Waals surface area contributed by atoms with Gasteiger partial charge >= 0.3 is 0 Å². The zero-order valence-corrected chi connectivity index (χ0v) is 14.1. The first-order valence-corrected chi connectivity index (χ1v) is 7.80. The quantitative estimate of drug-likeness (QED) is 0.476. The van der Waals surface area contributed by atoms with Crippen LogP contribution in [-0.4, -0.2) is 24.5 Å². The van der Waals surface area contributed by atoms with Crippen LogP contribution in [-0.2, 0) is 9.53 Å². The Morgan fingerprint density at radius 3 is 2.52 bits per heavy atom. The van der Waals surface area contributed by atoms with Gasteiger partial charge in [-0.1, -0.05) is 24.3 Å². The molecule has 0 bridgehead atoms. The van der Waals surface area contributed by atoms with Gasteiger partial charge in [-0.3, -0.25) is 14.9 Å². The fourth-order valence-corrected chi connectivity index (χ4v) is 2.40. The standard InChI is InChI=1S/C19H20N2O4/c1-14-5-3-4-6-17(14)18(25-2)13-20-19(22)12-9-15-7-10-16(11-8-15)21(23)24/h3-12,18H,13H2,1-2H3,(H,20,22)/b12-9+. The number of nitro benzene ring substituents is 1. The maximum atomic E-state index is 12.0. The highest BCUT2D eigenvalue weighted by Crippen LogP contribution is 2.19. The molecule has 130 valence electrons. The number of hydrogen-bond donors (Lipinski definition) is 1. The molecule has 6 heteroatoms. The fourth-order valence-electron chi connectivity index (χ4n) is 2.40. The van der Waals surface area contributed by atoms with E-state index in [2.05, 4.69) is 5.32 Å². The minimum absolute atomic E-state index is 0.0165. The van der Waals surface area contributed by atoms with Gasteiger partial charge in [0.1, 0.15) is 0 Å². The smallest absolute Gasteiger partial charge is 0.269 e. The van der Waals surface area contributed by atoms with E-state index in [0.717, 1.165) is 11.1 Å². The van der Waals surface area contributed by atoms with E-state index in [-0.39, 0.29) is 17.7 Å². The summed E-state index contributed by atoms with van der Waals surface area (Å²) in [7, 11) is 1.61. The van der Waals surface area contributed by atoms with Gasteiger partial charge in [0.15, 0.2) is 0 Å². The van der Waals surface area contributed by atoms with Gasteiger partial charge in [0.25, 0.3) is 5.69 Å². The number of carbonyl (C=O) groups is 1. The largest absolute Gasteiger partial charge is 0.375 e. The molecule has 0 aliphatic rings. The molecule has 0 aromatic heterocycles. The summed E-state index contributed by atoms with van der Waals surface area (Å²) < 4.78 is 5.46. The van der Waals surface area contributed by atoms with Crippen LogP contribution in [0.25, 0.3) is 6.08 Å². The SMILES string of the molecule is COC(CNC(=O)/C=C/c1ccc([N+](=O)[O-])cc1)c1ccccc1C. The molecule has 2 aromatic rings. The molecular weight excluding hydrogens is 320 g/mol. The van der Waals surface area contributed by atoms with Crippen molar-refractivity contribution in [2.24, 2.45) is 0 Å². The third-order valence-electron chi connectivity index (χ3n) is 3.81. The van der Waals surface area contributed by atoms with E-state index < -0.39 is 4.92 Å². The van der Waals surface area contributed by atoms with Gasteiger partial charge in [-0.25, -0.2) is 0 Å². The minimum atomic E-state index is -0.462. The molecule has 25 heavy (non-hydrogen) atoms. The number of aryl methyl sites for hydroxylation is 1. The molecule has 0 aliphatic heterocycles. The zero-order valence-electron chi connectivity index (χ0n) is 14.1. The number of amides is 1. The maximum Gasteiger partial charge on any atom is 0.269 e. The predicted octanol–water partition coefficient (Wildman–Crippen LogP) is 3.42. The highest BCUT2D eigenvalue weighted by atomic mass is 16.6. The van der Waals surface area contributed by atoms with Crippen LogP contribution in [0.3, 0.4) is 0 Å². The summed E-state index contributed by atoms with van der Waals surface area (Å²) in [5.41, 5.74) is 2.86. The van der Waals surface area contributed by atoms with E-state index in [0.29, 0.717) is 12.1 Å². The Hall–Kier alpha value is -2.99. The summed E-state index contributed by atoms with van der Waals surface area (Å²) in [5.74, 6) is -0.256. The van der Waals surface area contributed by atoms with Crippen LogP contribution in [0, 0.1) is 17.0 Å². The number of nitrogens with zero attached hydrogens (tertiary/aromatic N) is 1. The third-order valence-corrected chi connectivity index (χ3v) is 3.81. The van der Waals surface area contributed by atoms with Gasteiger partial charge in [-0.15, -0.1) is 0 Å². The third kappa shape index (κ3) is 5.26. The number of ether oxygens (including phenoxy) is 1. The first-order chi connectivity index (χ1) is 12.0. The number of methoxy groups -OCH3 is 1. The van der Waals surface area contributed by atoms with Crippen molar-refractivity contribution < 1.29 is 14.5 Å². The van der Waals surface area contributed by atoms with Crippen molar-refractivity contribution in [1.29, 1.82) is 0 Å². The van der Waals surface area contributed by atoms with Crippen molar-refractivity contribution >= 4 is 17.7 Å². The lowest BCUT2D eigenvalue weighted by Gasteiger charge is -2.18. The second-order valence-electron chi connectivity index (χ2n) is 5.51. The van der Waals surface area contributed by atoms with Gasteiger partial charge in [0.2, 0.25) is 5.91 Å². The van der Waals surface area contributed by atoms with Gasteiger partial charge < -0.3 is 10.1 Å². The van der Waals surface area contributed by atoms with Crippen LogP contribution in [0.5, 0.6) is 0 Å². The van der Waals surface area contributed by atoms with E-state index in [1.54, 1.807) is 25.3 Å². The van der Waals surface area contributed by atoms with E-state index in [9.17, 15) is 14.9 Å². The summed E-state index contributed by atoms with van der Waals surface area (Å²) in [4.78, 5) is 22.1. The first-order valence-electron chi connectivity index (χ1n) is 7.80. The molecule has 2 aromatic carbocycles. The van der Waals surface area contributed by atoms with E-state index in [1.807, 2.05) is 31.2 Å². The van der Waals surface area contributed by atoms with Crippen molar-refractivity contribution in [3.8, 4) is 0 Å².